The maximum absolute atomic E-state index is 10.9. The Hall–Kier alpha value is -1.56. The second-order valence-electron chi connectivity index (χ2n) is 4.46. The Balaban J connectivity index is 3.23. The van der Waals surface area contributed by atoms with Gasteiger partial charge in [-0.05, 0) is 12.1 Å². The molecular weight excluding hydrogens is 242 g/mol. The van der Waals surface area contributed by atoms with E-state index in [0.717, 1.165) is 6.07 Å². The van der Waals surface area contributed by atoms with Crippen molar-refractivity contribution in [2.75, 3.05) is 0 Å². The van der Waals surface area contributed by atoms with Crippen molar-refractivity contribution in [3.63, 3.8) is 0 Å². The minimum Gasteiger partial charge on any atom is -0.478 e. The Morgan fingerprint density at radius 1 is 1.41 bits per heavy atom. The quantitative estimate of drug-likeness (QED) is 0.509. The van der Waals surface area contributed by atoms with Gasteiger partial charge in [0.25, 0.3) is 5.69 Å². The minimum atomic E-state index is -1.17. The molecule has 1 N–H and O–H groups in total. The normalized spacial score (nSPS) is 11.2. The molecule has 0 heterocycles. The summed E-state index contributed by atoms with van der Waals surface area (Å²) in [4.78, 5) is 21.5. The molecule has 0 aliphatic heterocycles. The molecule has 0 fully saturated rings. The van der Waals surface area contributed by atoms with Gasteiger partial charge in [0.15, 0.2) is 0 Å². The van der Waals surface area contributed by atoms with E-state index in [4.69, 9.17) is 5.11 Å². The molecule has 17 heavy (non-hydrogen) atoms. The molecule has 0 unspecified atom stereocenters. The van der Waals surface area contributed by atoms with Gasteiger partial charge >= 0.3 is 5.97 Å². The van der Waals surface area contributed by atoms with Crippen LogP contribution in [0.15, 0.2) is 23.1 Å². The summed E-state index contributed by atoms with van der Waals surface area (Å²) in [5, 5.41) is 19.7. The van der Waals surface area contributed by atoms with Crippen LogP contribution in [-0.4, -0.2) is 20.7 Å². The first kappa shape index (κ1) is 13.5. The standard InChI is InChI=1S/C11H13NO4S/c1-11(2,3)17-9-5-4-7(10(13)14)6-8(9)12(15)16/h4-6H,1-3H3,(H,13,14). The zero-order valence-electron chi connectivity index (χ0n) is 9.76. The molecule has 0 spiro atoms. The predicted molar refractivity (Wildman–Crippen MR) is 65.7 cm³/mol. The molecule has 1 rings (SSSR count). The van der Waals surface area contributed by atoms with E-state index in [1.165, 1.54) is 23.9 Å². The molecule has 0 aliphatic rings. The third-order valence-corrected chi connectivity index (χ3v) is 3.00. The Labute approximate surface area is 103 Å². The number of aromatic carboxylic acids is 1. The van der Waals surface area contributed by atoms with E-state index in [0.29, 0.717) is 4.90 Å². The lowest BCUT2D eigenvalue weighted by Gasteiger charge is -2.17. The number of benzene rings is 1. The van der Waals surface area contributed by atoms with Crippen molar-refractivity contribution in [1.82, 2.24) is 0 Å². The summed E-state index contributed by atoms with van der Waals surface area (Å²) in [7, 11) is 0. The molecule has 92 valence electrons. The molecule has 0 radical (unpaired) electrons. The second-order valence-corrected chi connectivity index (χ2v) is 6.33. The van der Waals surface area contributed by atoms with Crippen LogP contribution >= 0.6 is 11.8 Å². The summed E-state index contributed by atoms with van der Waals surface area (Å²) in [5.41, 5.74) is -0.236. The first-order valence-corrected chi connectivity index (χ1v) is 5.73. The lowest BCUT2D eigenvalue weighted by Crippen LogP contribution is -2.08. The molecule has 5 nitrogen and oxygen atoms in total. The predicted octanol–water partition coefficient (Wildman–Crippen LogP) is 3.18. The Morgan fingerprint density at radius 3 is 2.41 bits per heavy atom. The van der Waals surface area contributed by atoms with Crippen molar-refractivity contribution in [3.8, 4) is 0 Å². The number of carboxylic acids is 1. The Kier molecular flexibility index (Phi) is 3.77. The molecule has 1 aromatic rings. The summed E-state index contributed by atoms with van der Waals surface area (Å²) in [6.45, 7) is 5.81. The third-order valence-electron chi connectivity index (χ3n) is 1.82. The highest BCUT2D eigenvalue weighted by Gasteiger charge is 2.22. The zero-order valence-corrected chi connectivity index (χ0v) is 10.6. The van der Waals surface area contributed by atoms with Crippen LogP contribution in [-0.2, 0) is 0 Å². The van der Waals surface area contributed by atoms with Crippen molar-refractivity contribution < 1.29 is 14.8 Å². The van der Waals surface area contributed by atoms with E-state index in [1.54, 1.807) is 0 Å². The first-order chi connectivity index (χ1) is 7.70. The van der Waals surface area contributed by atoms with E-state index in [2.05, 4.69) is 0 Å². The SMILES string of the molecule is CC(C)(C)Sc1ccc(C(=O)O)cc1[N+](=O)[O-]. The van der Waals surface area contributed by atoms with Crippen LogP contribution in [0.25, 0.3) is 0 Å². The van der Waals surface area contributed by atoms with Crippen LogP contribution in [0.5, 0.6) is 0 Å². The molecule has 0 aromatic heterocycles. The molecule has 0 saturated heterocycles. The Morgan fingerprint density at radius 2 is 2.00 bits per heavy atom. The smallest absolute Gasteiger partial charge is 0.335 e. The van der Waals surface area contributed by atoms with Gasteiger partial charge in [-0.15, -0.1) is 11.8 Å². The molecule has 0 aliphatic carbocycles. The fraction of sp³-hybridized carbons (Fsp3) is 0.364. The van der Waals surface area contributed by atoms with Crippen molar-refractivity contribution >= 4 is 23.4 Å². The van der Waals surface area contributed by atoms with E-state index >= 15 is 0 Å². The molecule has 1 aromatic carbocycles. The van der Waals surface area contributed by atoms with Gasteiger partial charge in [-0.25, -0.2) is 4.79 Å². The Bertz CT molecular complexity index is 465. The first-order valence-electron chi connectivity index (χ1n) is 4.91. The number of hydrogen-bond acceptors (Lipinski definition) is 4. The summed E-state index contributed by atoms with van der Waals surface area (Å²) < 4.78 is -0.171. The van der Waals surface area contributed by atoms with Crippen LogP contribution in [0.2, 0.25) is 0 Å². The van der Waals surface area contributed by atoms with Crippen LogP contribution in [0.4, 0.5) is 5.69 Å². The lowest BCUT2D eigenvalue weighted by atomic mass is 10.2. The molecular formula is C11H13NO4S. The van der Waals surface area contributed by atoms with Gasteiger partial charge in [0, 0.05) is 10.8 Å². The highest BCUT2D eigenvalue weighted by molar-refractivity contribution is 8.00. The highest BCUT2D eigenvalue weighted by atomic mass is 32.2. The maximum Gasteiger partial charge on any atom is 0.335 e. The van der Waals surface area contributed by atoms with E-state index in [1.807, 2.05) is 20.8 Å². The fourth-order valence-electron chi connectivity index (χ4n) is 1.21. The van der Waals surface area contributed by atoms with Crippen LogP contribution in [0.1, 0.15) is 31.1 Å². The number of nitro groups is 1. The summed E-state index contributed by atoms with van der Waals surface area (Å²) in [6.07, 6.45) is 0. The number of nitrogens with zero attached hydrogens (tertiary/aromatic N) is 1. The largest absolute Gasteiger partial charge is 0.478 e. The number of nitro benzene ring substituents is 1. The summed E-state index contributed by atoms with van der Waals surface area (Å²) >= 11 is 1.34. The molecule has 0 amide bonds. The van der Waals surface area contributed by atoms with Gasteiger partial charge in [-0.1, -0.05) is 20.8 Å². The topological polar surface area (TPSA) is 80.4 Å². The van der Waals surface area contributed by atoms with Gasteiger partial charge in [-0.3, -0.25) is 10.1 Å². The third kappa shape index (κ3) is 3.74. The van der Waals surface area contributed by atoms with Gasteiger partial charge in [-0.2, -0.15) is 0 Å². The van der Waals surface area contributed by atoms with Crippen molar-refractivity contribution in [3.05, 3.63) is 33.9 Å². The van der Waals surface area contributed by atoms with Crippen LogP contribution in [0, 0.1) is 10.1 Å². The van der Waals surface area contributed by atoms with E-state index in [-0.39, 0.29) is 16.0 Å². The fourth-order valence-corrected chi connectivity index (χ4v) is 2.24. The van der Waals surface area contributed by atoms with Crippen LogP contribution in [0.3, 0.4) is 0 Å². The number of thioether (sulfide) groups is 1. The van der Waals surface area contributed by atoms with Gasteiger partial charge in [0.1, 0.15) is 0 Å². The molecule has 0 atom stereocenters. The monoisotopic (exact) mass is 255 g/mol. The maximum atomic E-state index is 10.9. The molecule has 0 bridgehead atoms. The number of hydrogen-bond donors (Lipinski definition) is 1. The lowest BCUT2D eigenvalue weighted by molar-refractivity contribution is -0.387. The molecule has 6 heteroatoms. The van der Waals surface area contributed by atoms with Crippen molar-refractivity contribution in [1.29, 1.82) is 0 Å². The minimum absolute atomic E-state index is 0.0741. The number of carbonyl (C=O) groups is 1. The van der Waals surface area contributed by atoms with Crippen molar-refractivity contribution in [2.45, 2.75) is 30.4 Å². The summed E-state index contributed by atoms with van der Waals surface area (Å²) in [6, 6.07) is 3.96. The molecule has 0 saturated carbocycles. The summed E-state index contributed by atoms with van der Waals surface area (Å²) in [5.74, 6) is -1.17. The van der Waals surface area contributed by atoms with E-state index in [9.17, 15) is 14.9 Å². The highest BCUT2D eigenvalue weighted by Crippen LogP contribution is 2.37. The van der Waals surface area contributed by atoms with Gasteiger partial charge < -0.3 is 5.11 Å². The van der Waals surface area contributed by atoms with Gasteiger partial charge in [0.2, 0.25) is 0 Å². The van der Waals surface area contributed by atoms with Crippen LogP contribution < -0.4 is 0 Å². The van der Waals surface area contributed by atoms with Gasteiger partial charge in [0.05, 0.1) is 15.4 Å². The number of carboxylic acid groups (broad SMARTS) is 1. The number of rotatable bonds is 3. The van der Waals surface area contributed by atoms with E-state index < -0.39 is 10.9 Å². The average molecular weight is 255 g/mol. The van der Waals surface area contributed by atoms with Crippen molar-refractivity contribution in [2.24, 2.45) is 0 Å². The zero-order chi connectivity index (χ0) is 13.2. The average Bonchev–Trinajstić information content (AvgIpc) is 2.14. The second kappa shape index (κ2) is 4.75.